The molecule has 1 amide bonds. The number of benzene rings is 2. The highest BCUT2D eigenvalue weighted by atomic mass is 32.1. The molecule has 0 unspecified atom stereocenters. The largest absolute Gasteiger partial charge is 0.352 e. The predicted octanol–water partition coefficient (Wildman–Crippen LogP) is 4.01. The van der Waals surface area contributed by atoms with Gasteiger partial charge in [0.05, 0.1) is 12.1 Å². The van der Waals surface area contributed by atoms with Gasteiger partial charge < -0.3 is 5.32 Å². The fraction of sp³-hybridized carbons (Fsp3) is 0.320. The number of carbonyl (C=O) groups is 1. The van der Waals surface area contributed by atoms with E-state index in [4.69, 9.17) is 0 Å². The number of nitrogens with one attached hydrogen (secondary N) is 1. The van der Waals surface area contributed by atoms with E-state index < -0.39 is 11.2 Å². The van der Waals surface area contributed by atoms with Crippen LogP contribution in [0, 0.1) is 5.82 Å². The highest BCUT2D eigenvalue weighted by Gasteiger charge is 2.21. The standard InChI is InChI=1S/C25H24FN3O3S/c26-17-12-10-16(11-13-17)14-29-24(31)23-22(19-8-4-5-9-20(19)33-23)28(25(29)32)15-21(30)27-18-6-2-1-3-7-18/h4-5,8-13,18H,1-3,6-7,14-15H2,(H,27,30). The van der Waals surface area contributed by atoms with Gasteiger partial charge in [-0.15, -0.1) is 11.3 Å². The minimum Gasteiger partial charge on any atom is -0.352 e. The van der Waals surface area contributed by atoms with E-state index in [0.717, 1.165) is 40.3 Å². The number of fused-ring (bicyclic) bond motifs is 3. The third kappa shape index (κ3) is 4.23. The van der Waals surface area contributed by atoms with Crippen LogP contribution in [-0.2, 0) is 17.9 Å². The summed E-state index contributed by atoms with van der Waals surface area (Å²) in [5.74, 6) is -0.615. The lowest BCUT2D eigenvalue weighted by molar-refractivity contribution is -0.122. The molecule has 2 aromatic carbocycles. The number of amides is 1. The van der Waals surface area contributed by atoms with Gasteiger partial charge in [-0.2, -0.15) is 0 Å². The quantitative estimate of drug-likeness (QED) is 0.484. The maximum absolute atomic E-state index is 13.5. The molecule has 4 aromatic rings. The Labute approximate surface area is 193 Å². The number of rotatable bonds is 5. The lowest BCUT2D eigenvalue weighted by Gasteiger charge is -2.23. The monoisotopic (exact) mass is 465 g/mol. The van der Waals surface area contributed by atoms with E-state index in [9.17, 15) is 18.8 Å². The van der Waals surface area contributed by atoms with Gasteiger partial charge in [0.1, 0.15) is 17.1 Å². The molecule has 6 nitrogen and oxygen atoms in total. The number of nitrogens with zero attached hydrogens (tertiary/aromatic N) is 2. The fourth-order valence-corrected chi connectivity index (χ4v) is 5.77. The number of halogens is 1. The van der Waals surface area contributed by atoms with Crippen molar-refractivity contribution in [3.8, 4) is 0 Å². The maximum atomic E-state index is 13.5. The van der Waals surface area contributed by atoms with Crippen molar-refractivity contribution in [1.82, 2.24) is 14.5 Å². The molecule has 2 aromatic heterocycles. The van der Waals surface area contributed by atoms with Gasteiger partial charge in [0.15, 0.2) is 0 Å². The Balaban J connectivity index is 1.61. The molecule has 33 heavy (non-hydrogen) atoms. The Hall–Kier alpha value is -3.26. The van der Waals surface area contributed by atoms with E-state index in [-0.39, 0.29) is 30.9 Å². The molecule has 2 heterocycles. The molecule has 0 bridgehead atoms. The highest BCUT2D eigenvalue weighted by Crippen LogP contribution is 2.31. The highest BCUT2D eigenvalue weighted by molar-refractivity contribution is 7.25. The van der Waals surface area contributed by atoms with Gasteiger partial charge in [-0.3, -0.25) is 18.7 Å². The van der Waals surface area contributed by atoms with Crippen LogP contribution in [0.2, 0.25) is 0 Å². The summed E-state index contributed by atoms with van der Waals surface area (Å²) < 4.78 is 17.2. The third-order valence-electron chi connectivity index (χ3n) is 6.27. The van der Waals surface area contributed by atoms with Crippen molar-refractivity contribution in [2.45, 2.75) is 51.2 Å². The molecule has 0 aliphatic heterocycles. The van der Waals surface area contributed by atoms with Gasteiger partial charge >= 0.3 is 5.69 Å². The van der Waals surface area contributed by atoms with E-state index in [1.807, 2.05) is 24.3 Å². The summed E-state index contributed by atoms with van der Waals surface area (Å²) in [7, 11) is 0. The SMILES string of the molecule is O=C(Cn1c(=O)n(Cc2ccc(F)cc2)c(=O)c2sc3ccccc3c21)NC1CCCCC1. The van der Waals surface area contributed by atoms with E-state index in [0.29, 0.717) is 15.8 Å². The first-order chi connectivity index (χ1) is 16.0. The number of carbonyl (C=O) groups excluding carboxylic acids is 1. The van der Waals surface area contributed by atoms with Crippen molar-refractivity contribution in [3.05, 3.63) is 80.7 Å². The number of hydrogen-bond donors (Lipinski definition) is 1. The molecular formula is C25H24FN3O3S. The zero-order valence-corrected chi connectivity index (χ0v) is 18.9. The summed E-state index contributed by atoms with van der Waals surface area (Å²) in [6.45, 7) is -0.150. The normalized spacial score (nSPS) is 14.7. The van der Waals surface area contributed by atoms with E-state index >= 15 is 0 Å². The van der Waals surface area contributed by atoms with Crippen molar-refractivity contribution >= 4 is 37.5 Å². The topological polar surface area (TPSA) is 73.1 Å². The van der Waals surface area contributed by atoms with Crippen LogP contribution in [0.25, 0.3) is 20.3 Å². The molecule has 0 spiro atoms. The Morgan fingerprint density at radius 3 is 2.48 bits per heavy atom. The van der Waals surface area contributed by atoms with Crippen LogP contribution in [0.15, 0.2) is 58.1 Å². The first kappa shape index (κ1) is 21.6. The second-order valence-electron chi connectivity index (χ2n) is 8.56. The summed E-state index contributed by atoms with van der Waals surface area (Å²) in [6, 6.07) is 13.3. The molecule has 1 N–H and O–H groups in total. The third-order valence-corrected chi connectivity index (χ3v) is 7.41. The molecule has 1 fully saturated rings. The number of hydrogen-bond acceptors (Lipinski definition) is 4. The van der Waals surface area contributed by atoms with Gasteiger partial charge in [0.2, 0.25) is 5.91 Å². The second kappa shape index (κ2) is 8.94. The summed E-state index contributed by atoms with van der Waals surface area (Å²) >= 11 is 1.32. The Bertz CT molecular complexity index is 1450. The van der Waals surface area contributed by atoms with Gasteiger partial charge in [-0.25, -0.2) is 9.18 Å². The lowest BCUT2D eigenvalue weighted by Crippen LogP contribution is -2.44. The molecule has 0 radical (unpaired) electrons. The smallest absolute Gasteiger partial charge is 0.332 e. The molecule has 1 saturated carbocycles. The minimum atomic E-state index is -0.542. The average Bonchev–Trinajstić information content (AvgIpc) is 3.21. The zero-order chi connectivity index (χ0) is 22.9. The molecule has 1 aliphatic rings. The molecule has 170 valence electrons. The van der Waals surface area contributed by atoms with Crippen LogP contribution < -0.4 is 16.6 Å². The first-order valence-electron chi connectivity index (χ1n) is 11.2. The van der Waals surface area contributed by atoms with Gasteiger partial charge in [0, 0.05) is 16.1 Å². The molecule has 8 heteroatoms. The van der Waals surface area contributed by atoms with E-state index in [1.165, 1.54) is 34.5 Å². The Morgan fingerprint density at radius 2 is 1.73 bits per heavy atom. The van der Waals surface area contributed by atoms with Crippen LogP contribution in [0.5, 0.6) is 0 Å². The van der Waals surface area contributed by atoms with E-state index in [1.54, 1.807) is 12.1 Å². The molecular weight excluding hydrogens is 441 g/mol. The molecule has 5 rings (SSSR count). The van der Waals surface area contributed by atoms with Gasteiger partial charge in [-0.1, -0.05) is 49.6 Å². The molecule has 0 atom stereocenters. The number of aromatic nitrogens is 2. The maximum Gasteiger partial charge on any atom is 0.332 e. The van der Waals surface area contributed by atoms with E-state index in [2.05, 4.69) is 5.32 Å². The summed E-state index contributed by atoms with van der Waals surface area (Å²) in [5.41, 5.74) is 0.192. The van der Waals surface area contributed by atoms with Crippen LogP contribution in [-0.4, -0.2) is 21.1 Å². The van der Waals surface area contributed by atoms with Crippen molar-refractivity contribution in [2.75, 3.05) is 0 Å². The second-order valence-corrected chi connectivity index (χ2v) is 9.62. The van der Waals surface area contributed by atoms with Crippen LogP contribution in [0.1, 0.15) is 37.7 Å². The Morgan fingerprint density at radius 1 is 1.00 bits per heavy atom. The van der Waals surface area contributed by atoms with Crippen molar-refractivity contribution in [1.29, 1.82) is 0 Å². The van der Waals surface area contributed by atoms with Crippen LogP contribution >= 0.6 is 11.3 Å². The Kier molecular flexibility index (Phi) is 5.85. The fourth-order valence-electron chi connectivity index (χ4n) is 4.62. The van der Waals surface area contributed by atoms with Crippen molar-refractivity contribution < 1.29 is 9.18 Å². The summed E-state index contributed by atoms with van der Waals surface area (Å²) in [4.78, 5) is 39.8. The van der Waals surface area contributed by atoms with Crippen molar-refractivity contribution in [3.63, 3.8) is 0 Å². The molecule has 0 saturated heterocycles. The minimum absolute atomic E-state index is 0.00633. The average molecular weight is 466 g/mol. The zero-order valence-electron chi connectivity index (χ0n) is 18.1. The van der Waals surface area contributed by atoms with Gasteiger partial charge in [0.25, 0.3) is 5.56 Å². The lowest BCUT2D eigenvalue weighted by atomic mass is 9.95. The first-order valence-corrected chi connectivity index (χ1v) is 12.0. The van der Waals surface area contributed by atoms with Crippen molar-refractivity contribution in [2.24, 2.45) is 0 Å². The summed E-state index contributed by atoms with van der Waals surface area (Å²) in [6.07, 6.45) is 5.25. The molecule has 1 aliphatic carbocycles. The van der Waals surface area contributed by atoms with Gasteiger partial charge in [-0.05, 0) is 36.6 Å². The number of thiophene rings is 1. The predicted molar refractivity (Wildman–Crippen MR) is 128 cm³/mol. The van der Waals surface area contributed by atoms with Crippen LogP contribution in [0.4, 0.5) is 4.39 Å². The summed E-state index contributed by atoms with van der Waals surface area (Å²) in [5, 5.41) is 3.85. The van der Waals surface area contributed by atoms with Crippen LogP contribution in [0.3, 0.4) is 0 Å².